The number of aromatic nitrogens is 3. The molecule has 0 spiro atoms. The summed E-state index contributed by atoms with van der Waals surface area (Å²) in [5, 5.41) is 9.07. The Balaban J connectivity index is 2.07. The minimum absolute atomic E-state index is 0.509. The van der Waals surface area contributed by atoms with Crippen molar-refractivity contribution < 1.29 is 4.42 Å². The third-order valence-corrected chi connectivity index (χ3v) is 2.64. The fraction of sp³-hybridized carbons (Fsp3) is 0.167. The fourth-order valence-electron chi connectivity index (χ4n) is 1.84. The van der Waals surface area contributed by atoms with Gasteiger partial charge in [0.15, 0.2) is 0 Å². The van der Waals surface area contributed by atoms with Crippen LogP contribution >= 0.6 is 0 Å². The van der Waals surface area contributed by atoms with E-state index in [0.717, 1.165) is 16.5 Å². The highest BCUT2D eigenvalue weighted by molar-refractivity contribution is 5.93. The summed E-state index contributed by atoms with van der Waals surface area (Å²) < 4.78 is 5.55. The van der Waals surface area contributed by atoms with Gasteiger partial charge in [0, 0.05) is 30.1 Å². The maximum atomic E-state index is 5.55. The summed E-state index contributed by atoms with van der Waals surface area (Å²) in [7, 11) is 0. The summed E-state index contributed by atoms with van der Waals surface area (Å²) in [4.78, 5) is 3.18. The zero-order chi connectivity index (χ0) is 11.7. The first-order valence-electron chi connectivity index (χ1n) is 5.47. The number of aromatic amines is 1. The van der Waals surface area contributed by atoms with Gasteiger partial charge in [-0.15, -0.1) is 10.2 Å². The first-order valence-corrected chi connectivity index (χ1v) is 5.47. The van der Waals surface area contributed by atoms with Gasteiger partial charge in [-0.05, 0) is 6.07 Å². The average Bonchev–Trinajstić information content (AvgIpc) is 2.95. The molecule has 2 aromatic heterocycles. The van der Waals surface area contributed by atoms with Crippen LogP contribution in [0.5, 0.6) is 0 Å². The molecule has 0 fully saturated rings. The zero-order valence-electron chi connectivity index (χ0n) is 9.18. The highest BCUT2D eigenvalue weighted by Crippen LogP contribution is 2.27. The molecule has 0 saturated heterocycles. The Kier molecular flexibility index (Phi) is 2.38. The summed E-state index contributed by atoms with van der Waals surface area (Å²) in [5.41, 5.74) is 7.43. The predicted octanol–water partition coefficient (Wildman–Crippen LogP) is 1.72. The lowest BCUT2D eigenvalue weighted by molar-refractivity contribution is 0.507. The second-order valence-corrected chi connectivity index (χ2v) is 3.79. The normalized spacial score (nSPS) is 11.1. The molecule has 5 nitrogen and oxygen atoms in total. The Labute approximate surface area is 97.7 Å². The molecule has 0 saturated carbocycles. The maximum absolute atomic E-state index is 5.55. The van der Waals surface area contributed by atoms with E-state index in [2.05, 4.69) is 15.2 Å². The maximum Gasteiger partial charge on any atom is 0.249 e. The van der Waals surface area contributed by atoms with Crippen molar-refractivity contribution in [3.05, 3.63) is 36.4 Å². The van der Waals surface area contributed by atoms with Crippen LogP contribution in [-0.4, -0.2) is 21.7 Å². The molecule has 17 heavy (non-hydrogen) atoms. The molecule has 3 N–H and O–H groups in total. The van der Waals surface area contributed by atoms with Crippen LogP contribution in [0.2, 0.25) is 0 Å². The third kappa shape index (κ3) is 1.70. The summed E-state index contributed by atoms with van der Waals surface area (Å²) in [5.74, 6) is 1.11. The first-order chi connectivity index (χ1) is 8.38. The summed E-state index contributed by atoms with van der Waals surface area (Å²) in [6.45, 7) is 0.509. The van der Waals surface area contributed by atoms with Gasteiger partial charge in [0.1, 0.15) is 0 Å². The van der Waals surface area contributed by atoms with Crippen LogP contribution in [0, 0.1) is 0 Å². The van der Waals surface area contributed by atoms with Crippen molar-refractivity contribution in [3.63, 3.8) is 0 Å². The number of hydrogen-bond donors (Lipinski definition) is 2. The number of fused-ring (bicyclic) bond motifs is 1. The van der Waals surface area contributed by atoms with Gasteiger partial charge in [0.05, 0.1) is 5.56 Å². The van der Waals surface area contributed by atoms with Crippen molar-refractivity contribution in [1.29, 1.82) is 0 Å². The summed E-state index contributed by atoms with van der Waals surface area (Å²) >= 11 is 0. The van der Waals surface area contributed by atoms with Gasteiger partial charge >= 0.3 is 0 Å². The highest BCUT2D eigenvalue weighted by Gasteiger charge is 2.12. The van der Waals surface area contributed by atoms with E-state index in [0.29, 0.717) is 24.7 Å². The number of para-hydroxylation sites is 1. The van der Waals surface area contributed by atoms with Crippen LogP contribution in [0.1, 0.15) is 5.89 Å². The molecule has 0 bridgehead atoms. The Bertz CT molecular complexity index is 641. The Hall–Kier alpha value is -2.14. The molecule has 2 heterocycles. The summed E-state index contributed by atoms with van der Waals surface area (Å²) in [6, 6.07) is 8.00. The second kappa shape index (κ2) is 4.03. The predicted molar refractivity (Wildman–Crippen MR) is 64.3 cm³/mol. The minimum atomic E-state index is 0.509. The quantitative estimate of drug-likeness (QED) is 0.715. The smallest absolute Gasteiger partial charge is 0.249 e. The molecule has 0 aliphatic rings. The molecule has 0 aliphatic heterocycles. The van der Waals surface area contributed by atoms with Crippen molar-refractivity contribution in [2.24, 2.45) is 5.73 Å². The number of hydrogen-bond acceptors (Lipinski definition) is 4. The Morgan fingerprint density at radius 1 is 1.24 bits per heavy atom. The van der Waals surface area contributed by atoms with E-state index in [4.69, 9.17) is 10.2 Å². The second-order valence-electron chi connectivity index (χ2n) is 3.79. The van der Waals surface area contributed by atoms with Crippen molar-refractivity contribution in [1.82, 2.24) is 15.2 Å². The number of rotatable bonds is 3. The Morgan fingerprint density at radius 2 is 2.12 bits per heavy atom. The number of H-pyrrole nitrogens is 1. The molecule has 0 unspecified atom stereocenters. The van der Waals surface area contributed by atoms with Crippen LogP contribution in [0.25, 0.3) is 22.4 Å². The van der Waals surface area contributed by atoms with Crippen LogP contribution < -0.4 is 5.73 Å². The average molecular weight is 228 g/mol. The lowest BCUT2D eigenvalue weighted by atomic mass is 10.2. The van der Waals surface area contributed by atoms with Gasteiger partial charge in [0.2, 0.25) is 11.8 Å². The molecule has 0 atom stereocenters. The molecule has 3 rings (SSSR count). The van der Waals surface area contributed by atoms with Crippen molar-refractivity contribution >= 4 is 10.9 Å². The number of nitrogens with one attached hydrogen (secondary N) is 1. The summed E-state index contributed by atoms with van der Waals surface area (Å²) in [6.07, 6.45) is 2.49. The first kappa shape index (κ1) is 10.0. The zero-order valence-corrected chi connectivity index (χ0v) is 9.18. The molecule has 1 aromatic carbocycles. The van der Waals surface area contributed by atoms with Crippen LogP contribution in [-0.2, 0) is 6.42 Å². The monoisotopic (exact) mass is 228 g/mol. The standard InChI is InChI=1S/C12H12N4O/c13-6-5-11-15-16-12(17-11)9-7-14-10-4-2-1-3-8(9)10/h1-4,7,14H,5-6,13H2. The van der Waals surface area contributed by atoms with Gasteiger partial charge in [-0.25, -0.2) is 0 Å². The highest BCUT2D eigenvalue weighted by atomic mass is 16.4. The molecule has 0 radical (unpaired) electrons. The van der Waals surface area contributed by atoms with E-state index >= 15 is 0 Å². The molecule has 0 aliphatic carbocycles. The van der Waals surface area contributed by atoms with Crippen molar-refractivity contribution in [2.45, 2.75) is 6.42 Å². The molecule has 86 valence electrons. The number of nitrogens with two attached hydrogens (primary N) is 1. The van der Waals surface area contributed by atoms with E-state index in [-0.39, 0.29) is 0 Å². The number of benzene rings is 1. The lowest BCUT2D eigenvalue weighted by Gasteiger charge is -1.91. The van der Waals surface area contributed by atoms with E-state index in [9.17, 15) is 0 Å². The fourth-order valence-corrected chi connectivity index (χ4v) is 1.84. The molecular formula is C12H12N4O. The van der Waals surface area contributed by atoms with E-state index < -0.39 is 0 Å². The topological polar surface area (TPSA) is 80.7 Å². The van der Waals surface area contributed by atoms with Gasteiger partial charge in [0.25, 0.3) is 0 Å². The largest absolute Gasteiger partial charge is 0.421 e. The van der Waals surface area contributed by atoms with Crippen molar-refractivity contribution in [3.8, 4) is 11.5 Å². The number of nitrogens with zero attached hydrogens (tertiary/aromatic N) is 2. The SMILES string of the molecule is NCCc1nnc(-c2c[nH]c3ccccc23)o1. The third-order valence-electron chi connectivity index (χ3n) is 2.64. The van der Waals surface area contributed by atoms with E-state index in [1.807, 2.05) is 30.5 Å². The molecule has 5 heteroatoms. The minimum Gasteiger partial charge on any atom is -0.421 e. The van der Waals surface area contributed by atoms with Crippen LogP contribution in [0.3, 0.4) is 0 Å². The molecular weight excluding hydrogens is 216 g/mol. The van der Waals surface area contributed by atoms with Crippen LogP contribution in [0.4, 0.5) is 0 Å². The molecule has 0 amide bonds. The van der Waals surface area contributed by atoms with Crippen molar-refractivity contribution in [2.75, 3.05) is 6.54 Å². The van der Waals surface area contributed by atoms with Gasteiger partial charge in [-0.3, -0.25) is 0 Å². The van der Waals surface area contributed by atoms with E-state index in [1.165, 1.54) is 0 Å². The van der Waals surface area contributed by atoms with Gasteiger partial charge in [-0.1, -0.05) is 18.2 Å². The Morgan fingerprint density at radius 3 is 3.00 bits per heavy atom. The molecule has 3 aromatic rings. The van der Waals surface area contributed by atoms with Gasteiger partial charge < -0.3 is 15.1 Å². The van der Waals surface area contributed by atoms with E-state index in [1.54, 1.807) is 0 Å². The lowest BCUT2D eigenvalue weighted by Crippen LogP contribution is -2.02. The van der Waals surface area contributed by atoms with Gasteiger partial charge in [-0.2, -0.15) is 0 Å². The van der Waals surface area contributed by atoms with Crippen LogP contribution in [0.15, 0.2) is 34.9 Å².